The maximum Gasteiger partial charge on any atom is 0.245 e. The summed E-state index contributed by atoms with van der Waals surface area (Å²) in [6.45, 7) is 2.00. The van der Waals surface area contributed by atoms with Gasteiger partial charge in [-0.3, -0.25) is 9.59 Å². The lowest BCUT2D eigenvalue weighted by molar-refractivity contribution is -0.133. The molecule has 0 radical (unpaired) electrons. The van der Waals surface area contributed by atoms with Gasteiger partial charge in [0.05, 0.1) is 6.54 Å². The molecule has 1 unspecified atom stereocenters. The topological polar surface area (TPSA) is 62.3 Å². The van der Waals surface area contributed by atoms with Gasteiger partial charge in [0.2, 0.25) is 11.8 Å². The molecule has 1 aliphatic heterocycles. The van der Waals surface area contributed by atoms with Gasteiger partial charge >= 0.3 is 0 Å². The minimum Gasteiger partial charge on any atom is -0.336 e. The second-order valence-corrected chi connectivity index (χ2v) is 8.88. The van der Waals surface area contributed by atoms with Crippen molar-refractivity contribution in [3.63, 3.8) is 0 Å². The number of hydrogen-bond acceptors (Lipinski definition) is 5. The number of likely N-dealkylation sites (N-methyl/N-ethyl adjacent to an activating group) is 1. The maximum absolute atomic E-state index is 12.1. The van der Waals surface area contributed by atoms with E-state index in [9.17, 15) is 9.59 Å². The molecule has 1 N–H and O–H groups in total. The van der Waals surface area contributed by atoms with E-state index < -0.39 is 0 Å². The van der Waals surface area contributed by atoms with E-state index in [0.717, 1.165) is 23.7 Å². The second-order valence-electron chi connectivity index (χ2n) is 6.09. The highest BCUT2D eigenvalue weighted by Gasteiger charge is 2.17. The van der Waals surface area contributed by atoms with Crippen LogP contribution >= 0.6 is 21.6 Å². The molecule has 7 heteroatoms. The Morgan fingerprint density at radius 1 is 1.42 bits per heavy atom. The van der Waals surface area contributed by atoms with Crippen molar-refractivity contribution in [2.24, 2.45) is 0 Å². The molecule has 132 valence electrons. The van der Waals surface area contributed by atoms with E-state index in [-0.39, 0.29) is 18.4 Å². The van der Waals surface area contributed by atoms with Crippen LogP contribution in [0.2, 0.25) is 0 Å². The molecule has 2 amide bonds. The minimum absolute atomic E-state index is 0.0239. The van der Waals surface area contributed by atoms with Gasteiger partial charge in [-0.15, -0.1) is 0 Å². The molecule has 1 atom stereocenters. The molecule has 1 saturated heterocycles. The molecule has 0 saturated carbocycles. The van der Waals surface area contributed by atoms with Gasteiger partial charge in [-0.1, -0.05) is 28.0 Å². The average molecular weight is 368 g/mol. The van der Waals surface area contributed by atoms with Gasteiger partial charge in [-0.25, -0.2) is 4.98 Å². The summed E-state index contributed by atoms with van der Waals surface area (Å²) in [6.07, 6.45) is 6.62. The number of unbranched alkanes of at least 4 members (excludes halogenated alkanes) is 1. The third-order valence-electron chi connectivity index (χ3n) is 3.88. The fraction of sp³-hybridized carbons (Fsp3) is 0.588. The second kappa shape index (κ2) is 9.93. The first kappa shape index (κ1) is 19.1. The van der Waals surface area contributed by atoms with E-state index in [2.05, 4.69) is 10.3 Å². The number of aromatic nitrogens is 1. The Bertz CT molecular complexity index is 563. The van der Waals surface area contributed by atoms with Crippen LogP contribution in [0.3, 0.4) is 0 Å². The summed E-state index contributed by atoms with van der Waals surface area (Å²) in [7, 11) is 5.61. The molecular weight excluding hydrogens is 342 g/mol. The number of pyridine rings is 1. The number of aryl methyl sites for hydroxylation is 1. The molecule has 2 heterocycles. The predicted molar refractivity (Wildman–Crippen MR) is 102 cm³/mol. The van der Waals surface area contributed by atoms with Crippen LogP contribution in [0, 0.1) is 6.92 Å². The van der Waals surface area contributed by atoms with E-state index in [0.29, 0.717) is 12.2 Å². The molecule has 1 fully saturated rings. The van der Waals surface area contributed by atoms with Crippen LogP contribution in [0.25, 0.3) is 0 Å². The smallest absolute Gasteiger partial charge is 0.245 e. The highest BCUT2D eigenvalue weighted by Crippen LogP contribution is 2.39. The van der Waals surface area contributed by atoms with Crippen LogP contribution in [0.4, 0.5) is 5.82 Å². The third-order valence-corrected chi connectivity index (χ3v) is 6.89. The van der Waals surface area contributed by atoms with E-state index >= 15 is 0 Å². The summed E-state index contributed by atoms with van der Waals surface area (Å²) in [6, 6.07) is 3.67. The van der Waals surface area contributed by atoms with Crippen molar-refractivity contribution < 1.29 is 9.59 Å². The fourth-order valence-corrected chi connectivity index (χ4v) is 5.52. The molecule has 0 bridgehead atoms. The van der Waals surface area contributed by atoms with Crippen LogP contribution in [0.5, 0.6) is 0 Å². The first-order valence-corrected chi connectivity index (χ1v) is 10.7. The average Bonchev–Trinajstić information content (AvgIpc) is 3.04. The van der Waals surface area contributed by atoms with Gasteiger partial charge < -0.3 is 10.2 Å². The van der Waals surface area contributed by atoms with E-state index in [1.807, 2.05) is 34.6 Å². The summed E-state index contributed by atoms with van der Waals surface area (Å²) < 4.78 is 0. The van der Waals surface area contributed by atoms with Gasteiger partial charge in [-0.05, 0) is 43.9 Å². The summed E-state index contributed by atoms with van der Waals surface area (Å²) in [5.74, 6) is 1.58. The van der Waals surface area contributed by atoms with Crippen molar-refractivity contribution in [3.05, 3.63) is 23.9 Å². The van der Waals surface area contributed by atoms with Crippen molar-refractivity contribution in [2.45, 2.75) is 44.3 Å². The first-order valence-electron chi connectivity index (χ1n) is 8.29. The minimum atomic E-state index is -0.219. The van der Waals surface area contributed by atoms with Crippen LogP contribution in [-0.4, -0.2) is 46.3 Å². The fourth-order valence-electron chi connectivity index (χ4n) is 2.49. The standard InChI is InChI=1S/C17H25N3O2S2/c1-13-7-9-18-15(11-13)19-16(21)12-20(2)17(22)6-4-3-5-14-8-10-23-24-14/h7,9,11,14H,3-6,8,10,12H2,1-2H3,(H,18,19,21). The lowest BCUT2D eigenvalue weighted by Gasteiger charge is -2.17. The van der Waals surface area contributed by atoms with Crippen LogP contribution in [0.1, 0.15) is 37.7 Å². The Labute approximate surface area is 151 Å². The van der Waals surface area contributed by atoms with Crippen molar-refractivity contribution in [1.82, 2.24) is 9.88 Å². The molecule has 0 spiro atoms. The maximum atomic E-state index is 12.1. The molecule has 24 heavy (non-hydrogen) atoms. The Morgan fingerprint density at radius 2 is 2.25 bits per heavy atom. The number of nitrogens with zero attached hydrogens (tertiary/aromatic N) is 2. The van der Waals surface area contributed by atoms with E-state index in [4.69, 9.17) is 0 Å². The highest BCUT2D eigenvalue weighted by atomic mass is 33.1. The number of nitrogens with one attached hydrogen (secondary N) is 1. The Hall–Kier alpha value is -1.21. The summed E-state index contributed by atoms with van der Waals surface area (Å²) in [4.78, 5) is 29.7. The number of anilines is 1. The SMILES string of the molecule is Cc1ccnc(NC(=O)CN(C)C(=O)CCCCC2CCSS2)c1. The normalized spacial score (nSPS) is 16.8. The van der Waals surface area contributed by atoms with Crippen molar-refractivity contribution in [1.29, 1.82) is 0 Å². The largest absolute Gasteiger partial charge is 0.336 e. The Morgan fingerprint density at radius 3 is 2.96 bits per heavy atom. The molecule has 0 aromatic carbocycles. The number of hydrogen-bond donors (Lipinski definition) is 1. The van der Waals surface area contributed by atoms with E-state index in [1.54, 1.807) is 19.3 Å². The van der Waals surface area contributed by atoms with Gasteiger partial charge in [0.25, 0.3) is 0 Å². The molecular formula is C17H25N3O2S2. The lowest BCUT2D eigenvalue weighted by Crippen LogP contribution is -2.34. The molecule has 1 aromatic rings. The number of carbonyl (C=O) groups excluding carboxylic acids is 2. The van der Waals surface area contributed by atoms with Gasteiger partial charge in [-0.2, -0.15) is 0 Å². The van der Waals surface area contributed by atoms with Gasteiger partial charge in [0.15, 0.2) is 0 Å². The number of carbonyl (C=O) groups is 2. The monoisotopic (exact) mass is 367 g/mol. The molecule has 2 rings (SSSR count). The highest BCUT2D eigenvalue weighted by molar-refractivity contribution is 8.77. The van der Waals surface area contributed by atoms with Gasteiger partial charge in [0, 0.05) is 30.7 Å². The van der Waals surface area contributed by atoms with E-state index in [1.165, 1.54) is 23.5 Å². The zero-order valence-electron chi connectivity index (χ0n) is 14.3. The zero-order valence-corrected chi connectivity index (χ0v) is 15.9. The van der Waals surface area contributed by atoms with Crippen molar-refractivity contribution in [2.75, 3.05) is 24.7 Å². The summed E-state index contributed by atoms with van der Waals surface area (Å²) in [5.41, 5.74) is 1.03. The van der Waals surface area contributed by atoms with Gasteiger partial charge in [0.1, 0.15) is 5.82 Å². The number of rotatable bonds is 8. The molecule has 0 aliphatic carbocycles. The van der Waals surface area contributed by atoms with Crippen LogP contribution in [0.15, 0.2) is 18.3 Å². The molecule has 1 aromatic heterocycles. The Kier molecular flexibility index (Phi) is 7.91. The first-order chi connectivity index (χ1) is 11.5. The summed E-state index contributed by atoms with van der Waals surface area (Å²) >= 11 is 0. The number of amides is 2. The molecule has 1 aliphatic rings. The van der Waals surface area contributed by atoms with Crippen molar-refractivity contribution >= 4 is 39.2 Å². The van der Waals surface area contributed by atoms with Crippen LogP contribution < -0.4 is 5.32 Å². The van der Waals surface area contributed by atoms with Crippen LogP contribution in [-0.2, 0) is 9.59 Å². The van der Waals surface area contributed by atoms with Crippen molar-refractivity contribution in [3.8, 4) is 0 Å². The molecule has 5 nitrogen and oxygen atoms in total. The Balaban J connectivity index is 1.63. The lowest BCUT2D eigenvalue weighted by atomic mass is 10.1. The predicted octanol–water partition coefficient (Wildman–Crippen LogP) is 3.50. The third kappa shape index (κ3) is 6.73. The zero-order chi connectivity index (χ0) is 17.4. The quantitative estimate of drug-likeness (QED) is 0.563. The summed E-state index contributed by atoms with van der Waals surface area (Å²) in [5, 5.41) is 3.48.